The molecule has 0 radical (unpaired) electrons. The molecule has 0 bridgehead atoms. The second-order valence-electron chi connectivity index (χ2n) is 6.40. The molecule has 116 valence electrons. The lowest BCUT2D eigenvalue weighted by Gasteiger charge is -2.40. The molecule has 6 heteroatoms. The molecule has 0 aromatic rings. The van der Waals surface area contributed by atoms with E-state index < -0.39 is 9.84 Å². The standard InChI is InChI=1S/C14H26N2O3S/c1-11-5-4-6-12(2)16(11)14(17)9-15(3)13-7-8-20(18,19)10-13/h11-13H,4-10H2,1-3H3. The topological polar surface area (TPSA) is 57.7 Å². The van der Waals surface area contributed by atoms with Crippen LogP contribution < -0.4 is 0 Å². The van der Waals surface area contributed by atoms with Gasteiger partial charge in [-0.05, 0) is 46.6 Å². The molecule has 2 saturated heterocycles. The maximum Gasteiger partial charge on any atom is 0.237 e. The van der Waals surface area contributed by atoms with Gasteiger partial charge in [-0.15, -0.1) is 0 Å². The van der Waals surface area contributed by atoms with Crippen LogP contribution in [0.2, 0.25) is 0 Å². The van der Waals surface area contributed by atoms with Gasteiger partial charge >= 0.3 is 0 Å². The average Bonchev–Trinajstić information content (AvgIpc) is 2.69. The minimum Gasteiger partial charge on any atom is -0.336 e. The van der Waals surface area contributed by atoms with E-state index in [2.05, 4.69) is 13.8 Å². The maximum atomic E-state index is 12.5. The Hall–Kier alpha value is -0.620. The highest BCUT2D eigenvalue weighted by molar-refractivity contribution is 7.91. The predicted molar refractivity (Wildman–Crippen MR) is 79.3 cm³/mol. The monoisotopic (exact) mass is 302 g/mol. The first-order valence-corrected chi connectivity index (χ1v) is 9.34. The number of hydrogen-bond donors (Lipinski definition) is 0. The fourth-order valence-electron chi connectivity index (χ4n) is 3.46. The van der Waals surface area contributed by atoms with Gasteiger partial charge in [-0.25, -0.2) is 8.42 Å². The molecule has 5 nitrogen and oxygen atoms in total. The summed E-state index contributed by atoms with van der Waals surface area (Å²) in [6, 6.07) is 0.596. The number of hydrogen-bond acceptors (Lipinski definition) is 4. The van der Waals surface area contributed by atoms with Crippen molar-refractivity contribution in [1.82, 2.24) is 9.80 Å². The van der Waals surface area contributed by atoms with Crippen LogP contribution in [0, 0.1) is 0 Å². The smallest absolute Gasteiger partial charge is 0.237 e. The van der Waals surface area contributed by atoms with E-state index in [4.69, 9.17) is 0 Å². The summed E-state index contributed by atoms with van der Waals surface area (Å²) in [6.07, 6.45) is 3.97. The summed E-state index contributed by atoms with van der Waals surface area (Å²) in [4.78, 5) is 16.4. The van der Waals surface area contributed by atoms with Crippen molar-refractivity contribution < 1.29 is 13.2 Å². The van der Waals surface area contributed by atoms with Crippen molar-refractivity contribution >= 4 is 15.7 Å². The molecule has 2 heterocycles. The summed E-state index contributed by atoms with van der Waals surface area (Å²) < 4.78 is 23.0. The third kappa shape index (κ3) is 3.52. The highest BCUT2D eigenvalue weighted by Gasteiger charge is 2.34. The van der Waals surface area contributed by atoms with Gasteiger partial charge in [0.2, 0.25) is 5.91 Å². The molecule has 20 heavy (non-hydrogen) atoms. The Kier molecular flexibility index (Phi) is 4.74. The number of piperidine rings is 1. The molecule has 0 aromatic heterocycles. The van der Waals surface area contributed by atoms with Crippen molar-refractivity contribution in [2.75, 3.05) is 25.1 Å². The van der Waals surface area contributed by atoms with Gasteiger partial charge in [-0.1, -0.05) is 0 Å². The number of likely N-dealkylation sites (N-methyl/N-ethyl adjacent to an activating group) is 1. The van der Waals surface area contributed by atoms with Gasteiger partial charge < -0.3 is 4.90 Å². The lowest BCUT2D eigenvalue weighted by atomic mass is 9.97. The predicted octanol–water partition coefficient (Wildman–Crippen LogP) is 0.895. The average molecular weight is 302 g/mol. The van der Waals surface area contributed by atoms with Gasteiger partial charge in [-0.3, -0.25) is 9.69 Å². The number of nitrogens with zero attached hydrogens (tertiary/aromatic N) is 2. The highest BCUT2D eigenvalue weighted by Crippen LogP contribution is 2.23. The van der Waals surface area contributed by atoms with E-state index in [0.717, 1.165) is 12.8 Å². The van der Waals surface area contributed by atoms with E-state index in [-0.39, 0.29) is 23.5 Å². The Morgan fingerprint density at radius 1 is 1.20 bits per heavy atom. The van der Waals surface area contributed by atoms with Crippen molar-refractivity contribution in [3.05, 3.63) is 0 Å². The molecule has 2 rings (SSSR count). The number of carbonyl (C=O) groups excluding carboxylic acids is 1. The minimum atomic E-state index is -2.89. The first-order valence-electron chi connectivity index (χ1n) is 7.52. The molecular weight excluding hydrogens is 276 g/mol. The van der Waals surface area contributed by atoms with Crippen molar-refractivity contribution in [1.29, 1.82) is 0 Å². The van der Waals surface area contributed by atoms with Gasteiger partial charge in [0.1, 0.15) is 0 Å². The van der Waals surface area contributed by atoms with Gasteiger partial charge in [-0.2, -0.15) is 0 Å². The molecule has 0 spiro atoms. The van der Waals surface area contributed by atoms with Crippen LogP contribution in [0.1, 0.15) is 39.5 Å². The van der Waals surface area contributed by atoms with Crippen LogP contribution in [0.25, 0.3) is 0 Å². The van der Waals surface area contributed by atoms with Crippen LogP contribution in [-0.4, -0.2) is 67.3 Å². The van der Waals surface area contributed by atoms with Gasteiger partial charge in [0, 0.05) is 18.1 Å². The van der Waals surface area contributed by atoms with Crippen LogP contribution in [-0.2, 0) is 14.6 Å². The molecule has 3 unspecified atom stereocenters. The fourth-order valence-corrected chi connectivity index (χ4v) is 5.27. The Balaban J connectivity index is 1.93. The zero-order valence-electron chi connectivity index (χ0n) is 12.7. The lowest BCUT2D eigenvalue weighted by molar-refractivity contribution is -0.138. The number of rotatable bonds is 3. The summed E-state index contributed by atoms with van der Waals surface area (Å²) >= 11 is 0. The van der Waals surface area contributed by atoms with Crippen LogP contribution in [0.5, 0.6) is 0 Å². The largest absolute Gasteiger partial charge is 0.336 e. The SMILES string of the molecule is CC1CCCC(C)N1C(=O)CN(C)C1CCS(=O)(=O)C1. The van der Waals surface area contributed by atoms with Crippen LogP contribution in [0.3, 0.4) is 0 Å². The van der Waals surface area contributed by atoms with Crippen molar-refractivity contribution in [3.8, 4) is 0 Å². The summed E-state index contributed by atoms with van der Waals surface area (Å²) in [5.41, 5.74) is 0. The summed E-state index contributed by atoms with van der Waals surface area (Å²) in [6.45, 7) is 4.54. The summed E-state index contributed by atoms with van der Waals surface area (Å²) in [5.74, 6) is 0.589. The fraction of sp³-hybridized carbons (Fsp3) is 0.929. The van der Waals surface area contributed by atoms with E-state index in [9.17, 15) is 13.2 Å². The maximum absolute atomic E-state index is 12.5. The quantitative estimate of drug-likeness (QED) is 0.777. The zero-order valence-corrected chi connectivity index (χ0v) is 13.5. The highest BCUT2D eigenvalue weighted by atomic mass is 32.2. The molecule has 1 amide bonds. The third-order valence-corrected chi connectivity index (χ3v) is 6.45. The summed E-state index contributed by atoms with van der Waals surface area (Å²) in [5, 5.41) is 0. The minimum absolute atomic E-state index is 0.000599. The molecule has 0 N–H and O–H groups in total. The summed E-state index contributed by atoms with van der Waals surface area (Å²) in [7, 11) is -1.03. The van der Waals surface area contributed by atoms with Crippen molar-refractivity contribution in [2.24, 2.45) is 0 Å². The van der Waals surface area contributed by atoms with Gasteiger partial charge in [0.25, 0.3) is 0 Å². The van der Waals surface area contributed by atoms with Crippen LogP contribution in [0.4, 0.5) is 0 Å². The number of sulfone groups is 1. The normalized spacial score (nSPS) is 33.6. The second-order valence-corrected chi connectivity index (χ2v) is 8.63. The molecule has 2 aliphatic rings. The van der Waals surface area contributed by atoms with Crippen LogP contribution >= 0.6 is 0 Å². The van der Waals surface area contributed by atoms with Crippen LogP contribution in [0.15, 0.2) is 0 Å². The number of likely N-dealkylation sites (tertiary alicyclic amines) is 1. The van der Waals surface area contributed by atoms with E-state index >= 15 is 0 Å². The van der Waals surface area contributed by atoms with E-state index in [1.54, 1.807) is 0 Å². The van der Waals surface area contributed by atoms with E-state index in [1.165, 1.54) is 6.42 Å². The molecule has 0 aliphatic carbocycles. The molecule has 0 aromatic carbocycles. The lowest BCUT2D eigenvalue weighted by Crippen LogP contribution is -2.51. The van der Waals surface area contributed by atoms with Crippen molar-refractivity contribution in [2.45, 2.75) is 57.7 Å². The van der Waals surface area contributed by atoms with E-state index in [1.807, 2.05) is 16.8 Å². The van der Waals surface area contributed by atoms with Crippen molar-refractivity contribution in [3.63, 3.8) is 0 Å². The molecule has 2 aliphatic heterocycles. The molecular formula is C14H26N2O3S. The zero-order chi connectivity index (χ0) is 14.9. The molecule has 0 saturated carbocycles. The Bertz CT molecular complexity index is 453. The van der Waals surface area contributed by atoms with Gasteiger partial charge in [0.05, 0.1) is 18.1 Å². The Labute approximate surface area is 122 Å². The second kappa shape index (κ2) is 6.02. The number of amides is 1. The first-order chi connectivity index (χ1) is 9.30. The van der Waals surface area contributed by atoms with Gasteiger partial charge in [0.15, 0.2) is 9.84 Å². The molecule has 3 atom stereocenters. The molecule has 2 fully saturated rings. The first kappa shape index (κ1) is 15.8. The Morgan fingerprint density at radius 2 is 1.80 bits per heavy atom. The van der Waals surface area contributed by atoms with E-state index in [0.29, 0.717) is 25.0 Å². The Morgan fingerprint density at radius 3 is 2.30 bits per heavy atom. The third-order valence-electron chi connectivity index (χ3n) is 4.70. The number of carbonyl (C=O) groups is 1.